The van der Waals surface area contributed by atoms with Gasteiger partial charge in [0.25, 0.3) is 11.8 Å². The zero-order valence-corrected chi connectivity index (χ0v) is 41.5. The van der Waals surface area contributed by atoms with Crippen molar-refractivity contribution in [2.24, 2.45) is 0 Å². The Kier molecular flexibility index (Phi) is 20.8. The fourth-order valence-corrected chi connectivity index (χ4v) is 9.35. The maximum absolute atomic E-state index is 12.7. The lowest BCUT2D eigenvalue weighted by atomic mass is 10.1. The Morgan fingerprint density at radius 1 is 0.699 bits per heavy atom. The molecule has 0 bridgehead atoms. The van der Waals surface area contributed by atoms with Crippen LogP contribution in [0.2, 0.25) is 0 Å². The van der Waals surface area contributed by atoms with Crippen LogP contribution in [0.4, 0.5) is 26.3 Å². The molecule has 4 aromatic carbocycles. The zero-order chi connectivity index (χ0) is 51.3. The molecular weight excluding hydrogens is 999 g/mol. The molecule has 0 radical (unpaired) electrons. The first kappa shape index (κ1) is 56.8. The summed E-state index contributed by atoms with van der Waals surface area (Å²) in [6, 6.07) is 20.2. The van der Waals surface area contributed by atoms with Gasteiger partial charge in [-0.3, -0.25) is 24.3 Å². The third kappa shape index (κ3) is 18.2. The summed E-state index contributed by atoms with van der Waals surface area (Å²) in [5.41, 5.74) is 0.831. The normalized spacial score (nSPS) is 16.8. The number of aliphatic hydroxyl groups excluding tert-OH is 1. The average Bonchev–Trinajstić information content (AvgIpc) is 4.01. The van der Waals surface area contributed by atoms with Crippen molar-refractivity contribution < 1.29 is 55.2 Å². The monoisotopic (exact) mass is 1060 g/mol. The number of benzene rings is 4. The number of aliphatic hydroxyl groups is 1. The molecule has 22 heteroatoms. The molecule has 6 aromatic rings. The Bertz CT molecular complexity index is 2670. The Labute approximate surface area is 428 Å². The maximum atomic E-state index is 12.7. The number of carbonyl (C=O) groups is 2. The Morgan fingerprint density at radius 2 is 1.14 bits per heavy atom. The molecule has 4 N–H and O–H groups in total. The molecule has 0 aliphatic carbocycles. The highest BCUT2D eigenvalue weighted by Gasteiger charge is 2.31. The van der Waals surface area contributed by atoms with Gasteiger partial charge >= 0.3 is 12.4 Å². The number of aryl methyl sites for hydroxylation is 2. The number of ether oxygens (including phenoxy) is 3. The van der Waals surface area contributed by atoms with Crippen LogP contribution in [0.25, 0.3) is 20.4 Å². The maximum Gasteiger partial charge on any atom is 0.416 e. The van der Waals surface area contributed by atoms with E-state index in [-0.39, 0.29) is 31.1 Å². The van der Waals surface area contributed by atoms with Gasteiger partial charge in [0.05, 0.1) is 48.2 Å². The highest BCUT2D eigenvalue weighted by atomic mass is 32.1. The topological polar surface area (TPSA) is 157 Å². The van der Waals surface area contributed by atoms with Gasteiger partial charge < -0.3 is 35.3 Å². The van der Waals surface area contributed by atoms with Crippen LogP contribution >= 0.6 is 22.7 Å². The van der Waals surface area contributed by atoms with Crippen LogP contribution in [-0.2, 0) is 17.1 Å². The van der Waals surface area contributed by atoms with E-state index in [1.54, 1.807) is 22.7 Å². The van der Waals surface area contributed by atoms with Gasteiger partial charge in [-0.05, 0) is 86.6 Å². The van der Waals surface area contributed by atoms with Crippen molar-refractivity contribution >= 4 is 54.9 Å². The van der Waals surface area contributed by atoms with E-state index in [9.17, 15) is 41.0 Å². The average molecular weight is 1060 g/mol. The summed E-state index contributed by atoms with van der Waals surface area (Å²) >= 11 is 3.34. The van der Waals surface area contributed by atoms with Crippen molar-refractivity contribution in [2.45, 2.75) is 45.8 Å². The molecule has 73 heavy (non-hydrogen) atoms. The second kappa shape index (κ2) is 26.7. The molecule has 0 spiro atoms. The number of amides is 2. The van der Waals surface area contributed by atoms with Crippen molar-refractivity contribution in [1.29, 1.82) is 0 Å². The molecule has 3 aliphatic heterocycles. The van der Waals surface area contributed by atoms with Gasteiger partial charge in [-0.2, -0.15) is 26.3 Å². The summed E-state index contributed by atoms with van der Waals surface area (Å²) in [5.74, 6) is 0.826. The number of nitrogens with zero attached hydrogens (tertiary/aromatic N) is 5. The fraction of sp³-hybridized carbons (Fsp3) is 0.451. The summed E-state index contributed by atoms with van der Waals surface area (Å²) in [4.78, 5) is 39.5. The van der Waals surface area contributed by atoms with Crippen LogP contribution in [0.5, 0.6) is 11.5 Å². The summed E-state index contributed by atoms with van der Waals surface area (Å²) in [6.07, 6.45) is -9.11. The number of alkyl halides is 6. The SMILES string of the molecule is C.Cc1nc2cc(OC[C@H](O)CN3CCN(CCNC(=O)c4ccc(C(F)(F)F)cc4)CC3)ccc2s1.Cc1nc2cc(OC[C@H]3CO3)ccc2s1.O=C(NCCN1CCNCC1)c1ccc(C(F)(F)F)cc1. The molecule has 396 valence electrons. The fourth-order valence-electron chi connectivity index (χ4n) is 7.73. The van der Waals surface area contributed by atoms with E-state index >= 15 is 0 Å². The number of hydrogen-bond acceptors (Lipinski definition) is 14. The summed E-state index contributed by atoms with van der Waals surface area (Å²) < 4.78 is 94.0. The van der Waals surface area contributed by atoms with Crippen molar-refractivity contribution in [2.75, 3.05) is 105 Å². The molecule has 2 atom stereocenters. The van der Waals surface area contributed by atoms with E-state index < -0.39 is 35.5 Å². The first-order valence-electron chi connectivity index (χ1n) is 23.5. The molecule has 0 unspecified atom stereocenters. The van der Waals surface area contributed by atoms with Crippen molar-refractivity contribution in [3.8, 4) is 11.5 Å². The summed E-state index contributed by atoms with van der Waals surface area (Å²) in [5, 5.41) is 21.2. The van der Waals surface area contributed by atoms with Crippen LogP contribution in [0.15, 0.2) is 84.9 Å². The van der Waals surface area contributed by atoms with Gasteiger partial charge in [0.15, 0.2) is 0 Å². The van der Waals surface area contributed by atoms with Gasteiger partial charge in [0.1, 0.15) is 36.9 Å². The van der Waals surface area contributed by atoms with E-state index in [1.807, 2.05) is 44.2 Å². The largest absolute Gasteiger partial charge is 0.491 e. The second-order valence-corrected chi connectivity index (χ2v) is 19.8. The van der Waals surface area contributed by atoms with Gasteiger partial charge in [-0.1, -0.05) is 7.43 Å². The number of β-amino-alcohol motifs (C(OH)–C–C–N with tert-alkyl or cyclic N) is 1. The molecule has 9 rings (SSSR count). The van der Waals surface area contributed by atoms with E-state index in [1.165, 1.54) is 29.0 Å². The van der Waals surface area contributed by atoms with Gasteiger partial charge in [0.2, 0.25) is 0 Å². The highest BCUT2D eigenvalue weighted by Crippen LogP contribution is 2.31. The van der Waals surface area contributed by atoms with Crippen molar-refractivity contribution in [1.82, 2.24) is 40.6 Å². The molecule has 3 saturated heterocycles. The highest BCUT2D eigenvalue weighted by molar-refractivity contribution is 7.18. The Hall–Kier alpha value is -5.46. The first-order valence-corrected chi connectivity index (χ1v) is 25.2. The first-order chi connectivity index (χ1) is 34.4. The van der Waals surface area contributed by atoms with Gasteiger partial charge in [-0.25, -0.2) is 9.97 Å². The Balaban J connectivity index is 0.000000197. The quantitative estimate of drug-likeness (QED) is 0.0553. The molecule has 0 saturated carbocycles. The van der Waals surface area contributed by atoms with E-state index in [0.29, 0.717) is 44.6 Å². The van der Waals surface area contributed by atoms with Crippen LogP contribution in [0, 0.1) is 13.8 Å². The number of carbonyl (C=O) groups excluding carboxylic acids is 2. The minimum atomic E-state index is -4.42. The number of rotatable bonds is 16. The predicted molar refractivity (Wildman–Crippen MR) is 272 cm³/mol. The smallest absolute Gasteiger partial charge is 0.416 e. The number of thiazole rings is 2. The lowest BCUT2D eigenvalue weighted by molar-refractivity contribution is -0.138. The zero-order valence-electron chi connectivity index (χ0n) is 39.9. The minimum absolute atomic E-state index is 0. The van der Waals surface area contributed by atoms with Crippen LogP contribution in [0.3, 0.4) is 0 Å². The van der Waals surface area contributed by atoms with E-state index in [2.05, 4.69) is 46.7 Å². The molecule has 3 aliphatic rings. The van der Waals surface area contributed by atoms with Crippen molar-refractivity contribution in [3.63, 3.8) is 0 Å². The second-order valence-electron chi connectivity index (χ2n) is 17.4. The third-order valence-corrected chi connectivity index (χ3v) is 13.6. The Morgan fingerprint density at radius 3 is 1.59 bits per heavy atom. The van der Waals surface area contributed by atoms with Gasteiger partial charge in [-0.15, -0.1) is 22.7 Å². The number of halogens is 6. The summed E-state index contributed by atoms with van der Waals surface area (Å²) in [6.45, 7) is 15.4. The summed E-state index contributed by atoms with van der Waals surface area (Å²) in [7, 11) is 0. The lowest BCUT2D eigenvalue weighted by Gasteiger charge is -2.35. The predicted octanol–water partition coefficient (Wildman–Crippen LogP) is 7.77. The number of hydrogen-bond donors (Lipinski definition) is 4. The molecule has 3 fully saturated rings. The third-order valence-electron chi connectivity index (χ3n) is 11.7. The molecular formula is C51H62F6N8O6S2. The number of nitrogens with one attached hydrogen (secondary N) is 3. The minimum Gasteiger partial charge on any atom is -0.491 e. The van der Waals surface area contributed by atoms with E-state index in [0.717, 1.165) is 121 Å². The van der Waals surface area contributed by atoms with Crippen LogP contribution in [0.1, 0.15) is 49.3 Å². The standard InChI is InChI=1S/C25H29F3N4O3S.C14H18F3N3O.C11H11NO2S.CH4/c1-17-30-22-14-21(6-7-23(22)36-17)35-16-20(33)15-32-12-10-31(11-13-32)9-8-29-24(34)18-2-4-19(5-3-18)25(26,27)28;15-14(16,17)12-3-1-11(2-4-12)13(21)19-7-10-20-8-5-18-6-9-20;1-7-12-10-4-8(2-3-11(10)15-7)13-5-9-6-14-9;/h2-7,14,20,33H,8-13,15-16H2,1H3,(H,29,34);1-4,18H,5-10H2,(H,19,21);2-4,9H,5-6H2,1H3;1H4/t20-;;9-;/m1.0./s1. The molecule has 2 aromatic heterocycles. The van der Waals surface area contributed by atoms with E-state index in [4.69, 9.17) is 14.2 Å². The molecule has 2 amide bonds. The van der Waals surface area contributed by atoms with Gasteiger partial charge in [0, 0.05) is 108 Å². The lowest BCUT2D eigenvalue weighted by Crippen LogP contribution is -2.50. The number of epoxide rings is 1. The number of fused-ring (bicyclic) bond motifs is 2. The van der Waals surface area contributed by atoms with Crippen LogP contribution < -0.4 is 25.4 Å². The van der Waals surface area contributed by atoms with Crippen molar-refractivity contribution in [3.05, 3.63) is 117 Å². The molecule has 14 nitrogen and oxygen atoms in total. The number of piperazine rings is 2. The van der Waals surface area contributed by atoms with Crippen LogP contribution in [-0.4, -0.2) is 159 Å². The number of aromatic nitrogens is 2. The molecule has 5 heterocycles.